The summed E-state index contributed by atoms with van der Waals surface area (Å²) >= 11 is 0. The molecule has 0 unspecified atom stereocenters. The van der Waals surface area contributed by atoms with Crippen molar-refractivity contribution in [1.82, 2.24) is 15.5 Å². The number of alkyl halides is 3. The van der Waals surface area contributed by atoms with E-state index in [-0.39, 0.29) is 47.7 Å². The molecule has 0 atom stereocenters. The zero-order valence-corrected chi connectivity index (χ0v) is 19.8. The Kier molecular flexibility index (Phi) is 10.7. The number of hydrogen-bond acceptors (Lipinski definition) is 3. The zero-order valence-electron chi connectivity index (χ0n) is 17.5. The fourth-order valence-corrected chi connectivity index (χ4v) is 3.38. The van der Waals surface area contributed by atoms with Gasteiger partial charge in [0.15, 0.2) is 5.96 Å². The van der Waals surface area contributed by atoms with Gasteiger partial charge in [0.25, 0.3) is 0 Å². The van der Waals surface area contributed by atoms with E-state index in [4.69, 9.17) is 4.74 Å². The van der Waals surface area contributed by atoms with Crippen molar-refractivity contribution in [1.29, 1.82) is 0 Å². The standard InChI is InChI=1S/C20H29F3N4O2.HI/c1-4-25-19(27-9-7-14(8-10-27)11-18(28)24-2)26-13-15-5-6-16(29-3)12-17(15)20(21,22)23;/h5-6,12,14H,4,7-11,13H2,1-3H3,(H,24,28)(H,25,26);1H. The Morgan fingerprint density at radius 2 is 1.97 bits per heavy atom. The molecule has 1 aromatic rings. The number of nitrogens with zero attached hydrogens (tertiary/aromatic N) is 2. The minimum atomic E-state index is -4.48. The molecule has 1 amide bonds. The summed E-state index contributed by atoms with van der Waals surface area (Å²) in [6, 6.07) is 3.92. The van der Waals surface area contributed by atoms with Crippen LogP contribution in [0, 0.1) is 5.92 Å². The monoisotopic (exact) mass is 542 g/mol. The second-order valence-electron chi connectivity index (χ2n) is 7.00. The highest BCUT2D eigenvalue weighted by Crippen LogP contribution is 2.34. The number of rotatable bonds is 6. The van der Waals surface area contributed by atoms with Crippen LogP contribution >= 0.6 is 24.0 Å². The lowest BCUT2D eigenvalue weighted by molar-refractivity contribution is -0.138. The molecule has 30 heavy (non-hydrogen) atoms. The van der Waals surface area contributed by atoms with Gasteiger partial charge in [-0.2, -0.15) is 13.2 Å². The van der Waals surface area contributed by atoms with Crippen LogP contribution in [0.25, 0.3) is 0 Å². The maximum Gasteiger partial charge on any atom is 0.416 e. The van der Waals surface area contributed by atoms with E-state index in [1.54, 1.807) is 7.05 Å². The van der Waals surface area contributed by atoms with Gasteiger partial charge in [-0.25, -0.2) is 4.99 Å². The third kappa shape index (κ3) is 7.51. The van der Waals surface area contributed by atoms with Crippen LogP contribution in [0.4, 0.5) is 13.2 Å². The number of carbonyl (C=O) groups excluding carboxylic acids is 1. The fourth-order valence-electron chi connectivity index (χ4n) is 3.38. The molecule has 0 bridgehead atoms. The lowest BCUT2D eigenvalue weighted by atomic mass is 9.93. The topological polar surface area (TPSA) is 66.0 Å². The molecule has 1 fully saturated rings. The van der Waals surface area contributed by atoms with Gasteiger partial charge < -0.3 is 20.3 Å². The summed E-state index contributed by atoms with van der Waals surface area (Å²) in [5.74, 6) is 1.10. The molecule has 1 aliphatic heterocycles. The lowest BCUT2D eigenvalue weighted by Gasteiger charge is -2.34. The molecule has 0 radical (unpaired) electrons. The summed E-state index contributed by atoms with van der Waals surface area (Å²) in [6.07, 6.45) is -2.29. The highest BCUT2D eigenvalue weighted by molar-refractivity contribution is 14.0. The van der Waals surface area contributed by atoms with Gasteiger partial charge >= 0.3 is 6.18 Å². The summed E-state index contributed by atoms with van der Waals surface area (Å²) in [4.78, 5) is 18.0. The van der Waals surface area contributed by atoms with Gasteiger partial charge in [0.05, 0.1) is 19.2 Å². The number of piperidine rings is 1. The summed E-state index contributed by atoms with van der Waals surface area (Å²) in [7, 11) is 2.96. The molecule has 0 saturated carbocycles. The van der Waals surface area contributed by atoms with Crippen LogP contribution in [0.2, 0.25) is 0 Å². The maximum atomic E-state index is 13.4. The predicted molar refractivity (Wildman–Crippen MR) is 121 cm³/mol. The minimum absolute atomic E-state index is 0. The first kappa shape index (κ1) is 26.3. The van der Waals surface area contributed by atoms with Crippen LogP contribution in [0.15, 0.2) is 23.2 Å². The molecule has 1 saturated heterocycles. The first-order valence-electron chi connectivity index (χ1n) is 9.76. The van der Waals surface area contributed by atoms with Crippen molar-refractivity contribution in [2.75, 3.05) is 33.8 Å². The Hall–Kier alpha value is -1.72. The van der Waals surface area contributed by atoms with Gasteiger partial charge in [-0.05, 0) is 43.4 Å². The Balaban J connectivity index is 0.00000450. The van der Waals surface area contributed by atoms with Crippen LogP contribution in [-0.2, 0) is 17.5 Å². The number of aliphatic imine (C=N–C) groups is 1. The van der Waals surface area contributed by atoms with Crippen LogP contribution in [0.3, 0.4) is 0 Å². The van der Waals surface area contributed by atoms with Gasteiger partial charge in [-0.1, -0.05) is 6.07 Å². The first-order valence-corrected chi connectivity index (χ1v) is 9.76. The quantitative estimate of drug-likeness (QED) is 0.328. The SMILES string of the molecule is CCNC(=NCc1ccc(OC)cc1C(F)(F)F)N1CCC(CC(=O)NC)CC1.I. The van der Waals surface area contributed by atoms with Gasteiger partial charge in [0.2, 0.25) is 5.91 Å². The number of benzene rings is 1. The molecule has 0 aliphatic carbocycles. The fraction of sp³-hybridized carbons (Fsp3) is 0.600. The van der Waals surface area contributed by atoms with Crippen molar-refractivity contribution in [3.05, 3.63) is 29.3 Å². The van der Waals surface area contributed by atoms with E-state index in [9.17, 15) is 18.0 Å². The molecule has 170 valence electrons. The molecule has 1 heterocycles. The third-order valence-corrected chi connectivity index (χ3v) is 5.02. The van der Waals surface area contributed by atoms with Gasteiger partial charge in [0.1, 0.15) is 5.75 Å². The summed E-state index contributed by atoms with van der Waals surface area (Å²) in [6.45, 7) is 3.87. The van der Waals surface area contributed by atoms with Crippen LogP contribution < -0.4 is 15.4 Å². The normalized spacial score (nSPS) is 15.4. The highest BCUT2D eigenvalue weighted by atomic mass is 127. The maximum absolute atomic E-state index is 13.4. The number of guanidine groups is 1. The van der Waals surface area contributed by atoms with E-state index >= 15 is 0 Å². The van der Waals surface area contributed by atoms with E-state index in [0.717, 1.165) is 18.9 Å². The number of carbonyl (C=O) groups is 1. The second-order valence-corrected chi connectivity index (χ2v) is 7.00. The third-order valence-electron chi connectivity index (χ3n) is 5.02. The molecule has 2 rings (SSSR count). The number of methoxy groups -OCH3 is 1. The lowest BCUT2D eigenvalue weighted by Crippen LogP contribution is -2.46. The van der Waals surface area contributed by atoms with E-state index in [1.165, 1.54) is 19.2 Å². The summed E-state index contributed by atoms with van der Waals surface area (Å²) in [5, 5.41) is 5.80. The summed E-state index contributed by atoms with van der Waals surface area (Å²) < 4.78 is 45.1. The van der Waals surface area contributed by atoms with E-state index < -0.39 is 11.7 Å². The van der Waals surface area contributed by atoms with Crippen molar-refractivity contribution in [2.45, 2.75) is 38.9 Å². The average molecular weight is 542 g/mol. The molecule has 1 aromatic carbocycles. The Labute approximate surface area is 192 Å². The molecule has 0 spiro atoms. The zero-order chi connectivity index (χ0) is 21.4. The van der Waals surface area contributed by atoms with Gasteiger partial charge in [-0.3, -0.25) is 4.79 Å². The van der Waals surface area contributed by atoms with E-state index in [2.05, 4.69) is 15.6 Å². The molecule has 10 heteroatoms. The Morgan fingerprint density at radius 1 is 1.30 bits per heavy atom. The van der Waals surface area contributed by atoms with Crippen molar-refractivity contribution >= 4 is 35.8 Å². The Bertz CT molecular complexity index is 720. The van der Waals surface area contributed by atoms with Crippen molar-refractivity contribution < 1.29 is 22.7 Å². The highest BCUT2D eigenvalue weighted by Gasteiger charge is 2.34. The van der Waals surface area contributed by atoms with Crippen molar-refractivity contribution in [3.8, 4) is 5.75 Å². The first-order chi connectivity index (χ1) is 13.8. The van der Waals surface area contributed by atoms with Gasteiger partial charge in [0, 0.05) is 33.1 Å². The second kappa shape index (κ2) is 12.2. The van der Waals surface area contributed by atoms with Gasteiger partial charge in [-0.15, -0.1) is 24.0 Å². The van der Waals surface area contributed by atoms with Crippen LogP contribution in [0.1, 0.15) is 37.3 Å². The largest absolute Gasteiger partial charge is 0.497 e. The number of nitrogens with one attached hydrogen (secondary N) is 2. The van der Waals surface area contributed by atoms with Crippen molar-refractivity contribution in [3.63, 3.8) is 0 Å². The van der Waals surface area contributed by atoms with Crippen LogP contribution in [-0.4, -0.2) is 50.6 Å². The molecular weight excluding hydrogens is 512 g/mol. The average Bonchev–Trinajstić information content (AvgIpc) is 2.71. The molecule has 1 aliphatic rings. The van der Waals surface area contributed by atoms with Crippen LogP contribution in [0.5, 0.6) is 5.75 Å². The number of amides is 1. The molecule has 6 nitrogen and oxygen atoms in total. The number of hydrogen-bond donors (Lipinski definition) is 2. The Morgan fingerprint density at radius 3 is 2.50 bits per heavy atom. The van der Waals surface area contributed by atoms with E-state index in [0.29, 0.717) is 37.9 Å². The smallest absolute Gasteiger partial charge is 0.416 e. The summed E-state index contributed by atoms with van der Waals surface area (Å²) in [5.41, 5.74) is -0.635. The molecule has 0 aromatic heterocycles. The number of likely N-dealkylation sites (tertiary alicyclic amines) is 1. The van der Waals surface area contributed by atoms with E-state index in [1.807, 2.05) is 11.8 Å². The molecule has 2 N–H and O–H groups in total. The molecular formula is C20H30F3IN4O2. The predicted octanol–water partition coefficient (Wildman–Crippen LogP) is 3.65. The van der Waals surface area contributed by atoms with Crippen molar-refractivity contribution in [2.24, 2.45) is 10.9 Å². The number of halogens is 4. The number of ether oxygens (including phenoxy) is 1. The minimum Gasteiger partial charge on any atom is -0.497 e.